The number of aryl methyl sites for hydroxylation is 1. The van der Waals surface area contributed by atoms with Crippen molar-refractivity contribution in [2.45, 2.75) is 26.2 Å². The Kier molecular flexibility index (Phi) is 6.16. The van der Waals surface area contributed by atoms with E-state index in [9.17, 15) is 14.4 Å². The second kappa shape index (κ2) is 8.77. The smallest absolute Gasteiger partial charge is 0.314 e. The van der Waals surface area contributed by atoms with Gasteiger partial charge in [0.2, 0.25) is 5.91 Å². The van der Waals surface area contributed by atoms with Gasteiger partial charge in [0.25, 0.3) is 0 Å². The molecule has 2 N–H and O–H groups in total. The molecule has 29 heavy (non-hydrogen) atoms. The first-order valence-electron chi connectivity index (χ1n) is 9.66. The van der Waals surface area contributed by atoms with E-state index in [1.54, 1.807) is 29.2 Å². The molecule has 7 heteroatoms. The number of carbonyl (C=O) groups excluding carboxylic acids is 3. The number of hydrogen-bond donors (Lipinski definition) is 2. The second-order valence-electron chi connectivity index (χ2n) is 7.35. The van der Waals surface area contributed by atoms with E-state index in [4.69, 9.17) is 0 Å². The minimum atomic E-state index is -0.763. The molecule has 0 atom stereocenters. The third-order valence-electron chi connectivity index (χ3n) is 4.93. The van der Waals surface area contributed by atoms with Crippen LogP contribution in [0.25, 0.3) is 0 Å². The lowest BCUT2D eigenvalue weighted by molar-refractivity contribution is -0.132. The van der Waals surface area contributed by atoms with E-state index in [2.05, 4.69) is 10.6 Å². The molecule has 0 unspecified atom stereocenters. The summed E-state index contributed by atoms with van der Waals surface area (Å²) in [6, 6.07) is 12.5. The Labute approximate surface area is 170 Å². The highest BCUT2D eigenvalue weighted by Gasteiger charge is 2.22. The zero-order valence-electron chi connectivity index (χ0n) is 17.0. The van der Waals surface area contributed by atoms with E-state index < -0.39 is 11.8 Å². The fourth-order valence-corrected chi connectivity index (χ4v) is 3.26. The average molecular weight is 394 g/mol. The molecule has 1 heterocycles. The van der Waals surface area contributed by atoms with Gasteiger partial charge in [-0.3, -0.25) is 14.4 Å². The van der Waals surface area contributed by atoms with Crippen molar-refractivity contribution in [3.8, 4) is 0 Å². The summed E-state index contributed by atoms with van der Waals surface area (Å²) in [6.45, 7) is 2.59. The molecular formula is C22H26N4O3. The van der Waals surface area contributed by atoms with Crippen LogP contribution in [0, 0.1) is 6.92 Å². The molecule has 152 valence electrons. The molecule has 1 aliphatic rings. The van der Waals surface area contributed by atoms with Crippen LogP contribution in [-0.4, -0.2) is 38.4 Å². The monoisotopic (exact) mass is 394 g/mol. The number of nitrogens with one attached hydrogen (secondary N) is 2. The van der Waals surface area contributed by atoms with Gasteiger partial charge in [0.05, 0.1) is 0 Å². The summed E-state index contributed by atoms with van der Waals surface area (Å²) in [5, 5.41) is 5.21. The summed E-state index contributed by atoms with van der Waals surface area (Å²) in [4.78, 5) is 40.5. The van der Waals surface area contributed by atoms with Gasteiger partial charge < -0.3 is 20.4 Å². The Hall–Kier alpha value is -3.35. The number of benzene rings is 2. The molecule has 0 radical (unpaired) electrons. The quantitative estimate of drug-likeness (QED) is 0.781. The van der Waals surface area contributed by atoms with E-state index in [0.717, 1.165) is 29.8 Å². The van der Waals surface area contributed by atoms with Crippen molar-refractivity contribution in [1.82, 2.24) is 0 Å². The van der Waals surface area contributed by atoms with Crippen LogP contribution < -0.4 is 20.4 Å². The van der Waals surface area contributed by atoms with Gasteiger partial charge in [0, 0.05) is 49.8 Å². The van der Waals surface area contributed by atoms with Gasteiger partial charge >= 0.3 is 11.8 Å². The van der Waals surface area contributed by atoms with Crippen LogP contribution >= 0.6 is 0 Å². The summed E-state index contributed by atoms with van der Waals surface area (Å²) in [5.74, 6) is -1.43. The van der Waals surface area contributed by atoms with E-state index in [-0.39, 0.29) is 5.91 Å². The standard InChI is InChI=1S/C22H26N4O3/c1-15-7-8-17(14-19(15)26-13-5-4-6-20(26)27)24-22(29)21(28)23-16-9-11-18(12-10-16)25(2)3/h7-12,14H,4-6,13H2,1-3H3,(H,23,28)(H,24,29). The van der Waals surface area contributed by atoms with Crippen molar-refractivity contribution in [3.63, 3.8) is 0 Å². The predicted octanol–water partition coefficient (Wildman–Crippen LogP) is 3.16. The first-order valence-corrected chi connectivity index (χ1v) is 9.66. The Morgan fingerprint density at radius 2 is 1.55 bits per heavy atom. The van der Waals surface area contributed by atoms with Crippen molar-refractivity contribution < 1.29 is 14.4 Å². The maximum absolute atomic E-state index is 12.3. The van der Waals surface area contributed by atoms with E-state index >= 15 is 0 Å². The van der Waals surface area contributed by atoms with Gasteiger partial charge in [-0.15, -0.1) is 0 Å². The predicted molar refractivity (Wildman–Crippen MR) is 115 cm³/mol. The van der Waals surface area contributed by atoms with Crippen molar-refractivity contribution in [1.29, 1.82) is 0 Å². The number of amides is 3. The van der Waals surface area contributed by atoms with Crippen LogP contribution in [0.4, 0.5) is 22.7 Å². The number of nitrogens with zero attached hydrogens (tertiary/aromatic N) is 2. The number of carbonyl (C=O) groups is 3. The van der Waals surface area contributed by atoms with Gasteiger partial charge in [-0.05, 0) is 61.7 Å². The lowest BCUT2D eigenvalue weighted by atomic mass is 10.1. The fourth-order valence-electron chi connectivity index (χ4n) is 3.26. The Bertz CT molecular complexity index is 922. The maximum atomic E-state index is 12.3. The minimum absolute atomic E-state index is 0.0849. The third-order valence-corrected chi connectivity index (χ3v) is 4.93. The zero-order valence-corrected chi connectivity index (χ0v) is 17.0. The molecule has 1 aliphatic heterocycles. The summed E-state index contributed by atoms with van der Waals surface area (Å²) in [5.41, 5.74) is 3.73. The summed E-state index contributed by atoms with van der Waals surface area (Å²) >= 11 is 0. The molecule has 0 spiro atoms. The SMILES string of the molecule is Cc1ccc(NC(=O)C(=O)Nc2ccc(N(C)C)cc2)cc1N1CCCCC1=O. The Morgan fingerprint density at radius 1 is 0.931 bits per heavy atom. The van der Waals surface area contributed by atoms with E-state index in [1.807, 2.05) is 44.1 Å². The molecule has 3 rings (SSSR count). The summed E-state index contributed by atoms with van der Waals surface area (Å²) in [6.07, 6.45) is 2.39. The molecule has 0 aromatic heterocycles. The van der Waals surface area contributed by atoms with Crippen LogP contribution in [0.15, 0.2) is 42.5 Å². The zero-order chi connectivity index (χ0) is 21.0. The molecule has 7 nitrogen and oxygen atoms in total. The van der Waals surface area contributed by atoms with Gasteiger partial charge in [-0.25, -0.2) is 0 Å². The van der Waals surface area contributed by atoms with Crippen molar-refractivity contribution in [3.05, 3.63) is 48.0 Å². The molecule has 3 amide bonds. The van der Waals surface area contributed by atoms with Gasteiger partial charge in [-0.2, -0.15) is 0 Å². The summed E-state index contributed by atoms with van der Waals surface area (Å²) < 4.78 is 0. The lowest BCUT2D eigenvalue weighted by Crippen LogP contribution is -2.35. The highest BCUT2D eigenvalue weighted by atomic mass is 16.2. The average Bonchev–Trinajstić information content (AvgIpc) is 2.70. The first-order chi connectivity index (χ1) is 13.8. The third kappa shape index (κ3) is 4.93. The van der Waals surface area contributed by atoms with E-state index in [1.165, 1.54) is 0 Å². The number of anilines is 4. The molecule has 0 bridgehead atoms. The Morgan fingerprint density at radius 3 is 2.17 bits per heavy atom. The molecule has 1 fully saturated rings. The topological polar surface area (TPSA) is 81.8 Å². The largest absolute Gasteiger partial charge is 0.378 e. The molecule has 0 aliphatic carbocycles. The van der Waals surface area contributed by atoms with E-state index in [0.29, 0.717) is 24.3 Å². The molecule has 0 saturated carbocycles. The van der Waals surface area contributed by atoms with Crippen LogP contribution in [0.3, 0.4) is 0 Å². The van der Waals surface area contributed by atoms with Crippen molar-refractivity contribution in [2.24, 2.45) is 0 Å². The Balaban J connectivity index is 1.67. The van der Waals surface area contributed by atoms with Crippen molar-refractivity contribution in [2.75, 3.05) is 41.1 Å². The second-order valence-corrected chi connectivity index (χ2v) is 7.35. The molecule has 1 saturated heterocycles. The van der Waals surface area contributed by atoms with Crippen LogP contribution in [-0.2, 0) is 14.4 Å². The number of rotatable bonds is 4. The fraction of sp³-hybridized carbons (Fsp3) is 0.318. The van der Waals surface area contributed by atoms with Crippen molar-refractivity contribution >= 4 is 40.5 Å². The highest BCUT2D eigenvalue weighted by molar-refractivity contribution is 6.43. The summed E-state index contributed by atoms with van der Waals surface area (Å²) in [7, 11) is 3.85. The molecule has 2 aromatic rings. The normalized spacial score (nSPS) is 13.8. The first kappa shape index (κ1) is 20.4. The van der Waals surface area contributed by atoms with Gasteiger partial charge in [0.1, 0.15) is 0 Å². The lowest BCUT2D eigenvalue weighted by Gasteiger charge is -2.28. The molecule has 2 aromatic carbocycles. The number of piperidine rings is 1. The number of hydrogen-bond acceptors (Lipinski definition) is 4. The van der Waals surface area contributed by atoms with Crippen LogP contribution in [0.5, 0.6) is 0 Å². The molecular weight excluding hydrogens is 368 g/mol. The van der Waals surface area contributed by atoms with Gasteiger partial charge in [0.15, 0.2) is 0 Å². The van der Waals surface area contributed by atoms with Gasteiger partial charge in [-0.1, -0.05) is 6.07 Å². The maximum Gasteiger partial charge on any atom is 0.314 e. The highest BCUT2D eigenvalue weighted by Crippen LogP contribution is 2.27. The van der Waals surface area contributed by atoms with Crippen LogP contribution in [0.2, 0.25) is 0 Å². The van der Waals surface area contributed by atoms with Crippen LogP contribution in [0.1, 0.15) is 24.8 Å². The minimum Gasteiger partial charge on any atom is -0.378 e.